The fraction of sp³-hybridized carbons (Fsp3) is 0.750. The van der Waals surface area contributed by atoms with Crippen LogP contribution in [0.5, 0.6) is 0 Å². The molecule has 0 aromatic carbocycles. The van der Waals surface area contributed by atoms with E-state index in [-0.39, 0.29) is 23.3 Å². The molecule has 11 heavy (non-hydrogen) atoms. The summed E-state index contributed by atoms with van der Waals surface area (Å²) >= 11 is 0. The molecule has 1 saturated heterocycles. The van der Waals surface area contributed by atoms with E-state index in [0.717, 1.165) is 19.3 Å². The molecule has 0 aromatic rings. The molecule has 0 spiro atoms. The van der Waals surface area contributed by atoms with Crippen LogP contribution in [0.1, 0.15) is 19.3 Å². The molecule has 2 aliphatic carbocycles. The maximum atomic E-state index is 11.2. The molecule has 2 unspecified atom stereocenters. The molecule has 2 atom stereocenters. The molecule has 0 aromatic heterocycles. The van der Waals surface area contributed by atoms with Crippen molar-refractivity contribution in [2.24, 2.45) is 17.3 Å². The maximum Gasteiger partial charge on any atom is 0.320 e. The van der Waals surface area contributed by atoms with E-state index in [4.69, 9.17) is 0 Å². The molecule has 0 amide bonds. The summed E-state index contributed by atoms with van der Waals surface area (Å²) in [6, 6.07) is 0. The highest BCUT2D eigenvalue weighted by atomic mass is 16.6. The molecule has 3 nitrogen and oxygen atoms in total. The molecule has 58 valence electrons. The van der Waals surface area contributed by atoms with Crippen LogP contribution >= 0.6 is 0 Å². The van der Waals surface area contributed by atoms with E-state index in [9.17, 15) is 9.59 Å². The lowest BCUT2D eigenvalue weighted by Gasteiger charge is -2.03. The van der Waals surface area contributed by atoms with Crippen LogP contribution in [0.25, 0.3) is 0 Å². The van der Waals surface area contributed by atoms with Crippen molar-refractivity contribution in [1.82, 2.24) is 0 Å². The fourth-order valence-electron chi connectivity index (χ4n) is 2.27. The highest BCUT2D eigenvalue weighted by Gasteiger charge is 2.75. The van der Waals surface area contributed by atoms with Gasteiger partial charge < -0.3 is 4.74 Å². The van der Waals surface area contributed by atoms with Crippen molar-refractivity contribution in [3.8, 4) is 0 Å². The standard InChI is InChI=1S/C8H8O3/c9-6-5-3-8(5,4-1-2-4)7(10)11-6/h4-5H,1-3H2. The van der Waals surface area contributed by atoms with Crippen molar-refractivity contribution in [3.05, 3.63) is 0 Å². The van der Waals surface area contributed by atoms with E-state index in [2.05, 4.69) is 4.74 Å². The lowest BCUT2D eigenvalue weighted by molar-refractivity contribution is -0.157. The first-order valence-corrected chi connectivity index (χ1v) is 4.01. The van der Waals surface area contributed by atoms with Crippen LogP contribution in [0.15, 0.2) is 0 Å². The third-order valence-corrected chi connectivity index (χ3v) is 3.17. The Kier molecular flexibility index (Phi) is 0.708. The predicted molar refractivity (Wildman–Crippen MR) is 34.4 cm³/mol. The van der Waals surface area contributed by atoms with Gasteiger partial charge in [-0.3, -0.25) is 9.59 Å². The maximum absolute atomic E-state index is 11.2. The normalized spacial score (nSPS) is 47.1. The summed E-state index contributed by atoms with van der Waals surface area (Å²) in [5.74, 6) is -0.0918. The van der Waals surface area contributed by atoms with Gasteiger partial charge in [0.25, 0.3) is 0 Å². The van der Waals surface area contributed by atoms with Crippen molar-refractivity contribution in [2.75, 3.05) is 0 Å². The van der Waals surface area contributed by atoms with E-state index in [1.807, 2.05) is 0 Å². The van der Waals surface area contributed by atoms with Crippen molar-refractivity contribution in [1.29, 1.82) is 0 Å². The zero-order chi connectivity index (χ0) is 7.64. The molecular formula is C8H8O3. The number of carbonyl (C=O) groups excluding carboxylic acids is 2. The Labute approximate surface area is 63.7 Å². The number of rotatable bonds is 1. The molecule has 2 saturated carbocycles. The Morgan fingerprint density at radius 3 is 2.45 bits per heavy atom. The number of fused-ring (bicyclic) bond motifs is 1. The number of hydrogen-bond acceptors (Lipinski definition) is 3. The number of carbonyl (C=O) groups is 2. The van der Waals surface area contributed by atoms with Crippen LogP contribution in [0.4, 0.5) is 0 Å². The lowest BCUT2D eigenvalue weighted by Crippen LogP contribution is -2.16. The van der Waals surface area contributed by atoms with Gasteiger partial charge in [0.2, 0.25) is 0 Å². The zero-order valence-corrected chi connectivity index (χ0v) is 6.00. The molecule has 1 aliphatic heterocycles. The quantitative estimate of drug-likeness (QED) is 0.405. The van der Waals surface area contributed by atoms with Gasteiger partial charge in [0.05, 0.1) is 11.3 Å². The molecule has 0 radical (unpaired) electrons. The van der Waals surface area contributed by atoms with Gasteiger partial charge in [-0.1, -0.05) is 0 Å². The summed E-state index contributed by atoms with van der Waals surface area (Å²) in [7, 11) is 0. The number of ether oxygens (including phenoxy) is 1. The average molecular weight is 152 g/mol. The minimum atomic E-state index is -0.308. The third kappa shape index (κ3) is 0.481. The van der Waals surface area contributed by atoms with Crippen LogP contribution in [0.3, 0.4) is 0 Å². The van der Waals surface area contributed by atoms with E-state index < -0.39 is 0 Å². The van der Waals surface area contributed by atoms with E-state index in [1.54, 1.807) is 0 Å². The van der Waals surface area contributed by atoms with Gasteiger partial charge in [0, 0.05) is 0 Å². The summed E-state index contributed by atoms with van der Waals surface area (Å²) in [6.07, 6.45) is 2.99. The van der Waals surface area contributed by atoms with Crippen molar-refractivity contribution in [2.45, 2.75) is 19.3 Å². The lowest BCUT2D eigenvalue weighted by atomic mass is 9.99. The van der Waals surface area contributed by atoms with E-state index in [1.165, 1.54) is 0 Å². The number of cyclic esters (lactones) is 2. The van der Waals surface area contributed by atoms with Gasteiger partial charge in [-0.2, -0.15) is 0 Å². The largest absolute Gasteiger partial charge is 0.392 e. The van der Waals surface area contributed by atoms with Gasteiger partial charge in [0.15, 0.2) is 0 Å². The van der Waals surface area contributed by atoms with Crippen LogP contribution in [0, 0.1) is 17.3 Å². The minimum Gasteiger partial charge on any atom is -0.392 e. The second-order valence-corrected chi connectivity index (χ2v) is 3.78. The second kappa shape index (κ2) is 1.36. The Hall–Kier alpha value is -0.860. The molecule has 3 aliphatic rings. The minimum absolute atomic E-state index is 0.0532. The Morgan fingerprint density at radius 1 is 1.36 bits per heavy atom. The van der Waals surface area contributed by atoms with Gasteiger partial charge in [-0.15, -0.1) is 0 Å². The SMILES string of the molecule is O=C1OC(=O)C2(C3CC3)CC12. The van der Waals surface area contributed by atoms with Crippen LogP contribution in [-0.4, -0.2) is 11.9 Å². The molecule has 0 bridgehead atoms. The highest BCUT2D eigenvalue weighted by molar-refractivity contribution is 6.04. The Morgan fingerprint density at radius 2 is 2.09 bits per heavy atom. The number of esters is 2. The van der Waals surface area contributed by atoms with E-state index >= 15 is 0 Å². The van der Waals surface area contributed by atoms with Crippen LogP contribution in [-0.2, 0) is 14.3 Å². The molecular weight excluding hydrogens is 144 g/mol. The summed E-state index contributed by atoms with van der Waals surface area (Å²) in [5.41, 5.74) is -0.308. The number of hydrogen-bond donors (Lipinski definition) is 0. The summed E-state index contributed by atoms with van der Waals surface area (Å²) in [5, 5.41) is 0. The molecule has 0 N–H and O–H groups in total. The zero-order valence-electron chi connectivity index (χ0n) is 6.00. The summed E-state index contributed by atoms with van der Waals surface area (Å²) in [4.78, 5) is 22.1. The first kappa shape index (κ1) is 5.75. The molecule has 1 heterocycles. The van der Waals surface area contributed by atoms with Crippen molar-refractivity contribution in [3.63, 3.8) is 0 Å². The van der Waals surface area contributed by atoms with Gasteiger partial charge in [-0.05, 0) is 25.2 Å². The first-order valence-electron chi connectivity index (χ1n) is 4.01. The van der Waals surface area contributed by atoms with Crippen LogP contribution in [0.2, 0.25) is 0 Å². The molecule has 3 fully saturated rings. The highest BCUT2D eigenvalue weighted by Crippen LogP contribution is 2.69. The second-order valence-electron chi connectivity index (χ2n) is 3.78. The van der Waals surface area contributed by atoms with Crippen LogP contribution < -0.4 is 0 Å². The Bertz CT molecular complexity index is 267. The monoisotopic (exact) mass is 152 g/mol. The smallest absolute Gasteiger partial charge is 0.320 e. The van der Waals surface area contributed by atoms with Crippen molar-refractivity contribution >= 4 is 11.9 Å². The predicted octanol–water partition coefficient (Wildman–Crippen LogP) is 0.486. The first-order chi connectivity index (χ1) is 5.25. The van der Waals surface area contributed by atoms with Gasteiger partial charge >= 0.3 is 11.9 Å². The van der Waals surface area contributed by atoms with Gasteiger partial charge in [0.1, 0.15) is 0 Å². The fourth-order valence-corrected chi connectivity index (χ4v) is 2.27. The van der Waals surface area contributed by atoms with Gasteiger partial charge in [-0.25, -0.2) is 0 Å². The topological polar surface area (TPSA) is 43.4 Å². The average Bonchev–Trinajstić information content (AvgIpc) is 2.82. The molecule has 3 rings (SSSR count). The molecule has 3 heteroatoms. The van der Waals surface area contributed by atoms with E-state index in [0.29, 0.717) is 5.92 Å². The third-order valence-electron chi connectivity index (χ3n) is 3.17. The summed E-state index contributed by atoms with van der Waals surface area (Å²) < 4.78 is 4.55. The Balaban J connectivity index is 2.01. The van der Waals surface area contributed by atoms with Crippen molar-refractivity contribution < 1.29 is 14.3 Å². The summed E-state index contributed by atoms with van der Waals surface area (Å²) in [6.45, 7) is 0.